The van der Waals surface area contributed by atoms with Crippen LogP contribution in [0.3, 0.4) is 0 Å². The molecule has 0 atom stereocenters. The van der Waals surface area contributed by atoms with Gasteiger partial charge in [-0.15, -0.1) is 0 Å². The highest BCUT2D eigenvalue weighted by Crippen LogP contribution is 2.18. The minimum Gasteiger partial charge on any atom is -0.359 e. The standard InChI is InChI=1S/C24H22BN5O2/c1-30-14-4-13-26-22(30)16-7-9-17(10-8-16)23(31)28-20-6-3-2-5-19(20)24(32)29-21-12-11-18(25)15-27-21/h2-3,5-12,15H,4,13-14H2,1H3,(H,28,31)(H,27,29,32). The number of aliphatic imine (C=N–C) groups is 1. The third-order valence-corrected chi connectivity index (χ3v) is 5.13. The summed E-state index contributed by atoms with van der Waals surface area (Å²) in [7, 11) is 7.64. The van der Waals surface area contributed by atoms with E-state index in [0.717, 1.165) is 30.9 Å². The second-order valence-corrected chi connectivity index (χ2v) is 7.49. The highest BCUT2D eigenvalue weighted by atomic mass is 16.2. The van der Waals surface area contributed by atoms with Gasteiger partial charge in [0.1, 0.15) is 19.5 Å². The molecule has 1 aliphatic rings. The summed E-state index contributed by atoms with van der Waals surface area (Å²) >= 11 is 0. The molecule has 2 amide bonds. The van der Waals surface area contributed by atoms with Crippen molar-refractivity contribution in [3.05, 3.63) is 83.6 Å². The second kappa shape index (κ2) is 9.47. The molecule has 2 N–H and O–H groups in total. The van der Waals surface area contributed by atoms with Crippen molar-refractivity contribution in [2.45, 2.75) is 6.42 Å². The van der Waals surface area contributed by atoms with E-state index >= 15 is 0 Å². The Balaban J connectivity index is 1.48. The van der Waals surface area contributed by atoms with Crippen molar-refractivity contribution in [1.82, 2.24) is 9.88 Å². The SMILES string of the molecule is [B]c1ccc(NC(=O)c2ccccc2NC(=O)c2ccc(C3=NCCCN3C)cc2)nc1. The molecule has 7 nitrogen and oxygen atoms in total. The van der Waals surface area contributed by atoms with Crippen molar-refractivity contribution >= 4 is 42.5 Å². The number of pyridine rings is 1. The van der Waals surface area contributed by atoms with Crippen molar-refractivity contribution in [2.24, 2.45) is 4.99 Å². The molecular formula is C24H22BN5O2. The number of benzene rings is 2. The van der Waals surface area contributed by atoms with Crippen LogP contribution < -0.4 is 16.1 Å². The lowest BCUT2D eigenvalue weighted by atomic mass is 9.99. The fourth-order valence-electron chi connectivity index (χ4n) is 3.45. The maximum Gasteiger partial charge on any atom is 0.258 e. The first-order valence-corrected chi connectivity index (χ1v) is 10.3. The number of amidine groups is 1. The molecule has 0 bridgehead atoms. The minimum atomic E-state index is -0.383. The van der Waals surface area contributed by atoms with E-state index in [4.69, 9.17) is 7.85 Å². The molecule has 32 heavy (non-hydrogen) atoms. The molecular weight excluding hydrogens is 401 g/mol. The van der Waals surface area contributed by atoms with Crippen LogP contribution in [0.5, 0.6) is 0 Å². The second-order valence-electron chi connectivity index (χ2n) is 7.49. The van der Waals surface area contributed by atoms with Crippen LogP contribution in [0.1, 0.15) is 32.7 Å². The fourth-order valence-corrected chi connectivity index (χ4v) is 3.45. The number of carbonyl (C=O) groups excluding carboxylic acids is 2. The van der Waals surface area contributed by atoms with Crippen LogP contribution in [0.4, 0.5) is 11.5 Å². The Kier molecular flexibility index (Phi) is 6.30. The van der Waals surface area contributed by atoms with Crippen LogP contribution in [0, 0.1) is 0 Å². The van der Waals surface area contributed by atoms with E-state index in [1.54, 1.807) is 48.5 Å². The average Bonchev–Trinajstić information content (AvgIpc) is 2.81. The van der Waals surface area contributed by atoms with Gasteiger partial charge in [0.05, 0.1) is 11.3 Å². The Morgan fingerprint density at radius 3 is 2.47 bits per heavy atom. The van der Waals surface area contributed by atoms with Crippen LogP contribution in [-0.2, 0) is 0 Å². The Morgan fingerprint density at radius 1 is 0.969 bits per heavy atom. The topological polar surface area (TPSA) is 86.7 Å². The van der Waals surface area contributed by atoms with Gasteiger partial charge < -0.3 is 15.5 Å². The van der Waals surface area contributed by atoms with Gasteiger partial charge in [0.15, 0.2) is 0 Å². The molecule has 2 aromatic carbocycles. The molecule has 1 aromatic heterocycles. The van der Waals surface area contributed by atoms with Gasteiger partial charge in [0.2, 0.25) is 0 Å². The van der Waals surface area contributed by atoms with Gasteiger partial charge in [-0.25, -0.2) is 4.98 Å². The van der Waals surface area contributed by atoms with Crippen molar-refractivity contribution in [3.8, 4) is 0 Å². The summed E-state index contributed by atoms with van der Waals surface area (Å²) in [5.41, 5.74) is 2.70. The number of amides is 2. The van der Waals surface area contributed by atoms with Gasteiger partial charge in [-0.3, -0.25) is 14.6 Å². The molecule has 4 rings (SSSR count). The van der Waals surface area contributed by atoms with E-state index in [1.807, 2.05) is 19.2 Å². The lowest BCUT2D eigenvalue weighted by molar-refractivity contribution is 0.102. The minimum absolute atomic E-state index is 0.304. The van der Waals surface area contributed by atoms with E-state index < -0.39 is 0 Å². The molecule has 158 valence electrons. The van der Waals surface area contributed by atoms with Crippen LogP contribution in [-0.4, -0.2) is 55.5 Å². The zero-order chi connectivity index (χ0) is 22.5. The third kappa shape index (κ3) is 4.86. The number of carbonyl (C=O) groups is 2. The Morgan fingerprint density at radius 2 is 1.75 bits per heavy atom. The molecule has 3 aromatic rings. The summed E-state index contributed by atoms with van der Waals surface area (Å²) in [4.78, 5) is 36.3. The Hall–Kier alpha value is -3.94. The summed E-state index contributed by atoms with van der Waals surface area (Å²) in [6.07, 6.45) is 2.51. The number of para-hydroxylation sites is 1. The largest absolute Gasteiger partial charge is 0.359 e. The molecule has 0 saturated carbocycles. The summed E-state index contributed by atoms with van der Waals surface area (Å²) in [5, 5.41) is 5.54. The molecule has 0 spiro atoms. The molecule has 0 saturated heterocycles. The fraction of sp³-hybridized carbons (Fsp3) is 0.167. The van der Waals surface area contributed by atoms with Crippen molar-refractivity contribution in [2.75, 3.05) is 30.8 Å². The first kappa shape index (κ1) is 21.3. The molecule has 0 fully saturated rings. The Bertz CT molecular complexity index is 1160. The zero-order valence-electron chi connectivity index (χ0n) is 17.7. The normalized spacial score (nSPS) is 13.3. The van der Waals surface area contributed by atoms with Crippen molar-refractivity contribution in [3.63, 3.8) is 0 Å². The van der Waals surface area contributed by atoms with Gasteiger partial charge in [0, 0.05) is 37.5 Å². The van der Waals surface area contributed by atoms with Crippen LogP contribution >= 0.6 is 0 Å². The van der Waals surface area contributed by atoms with Gasteiger partial charge >= 0.3 is 0 Å². The van der Waals surface area contributed by atoms with Crippen LogP contribution in [0.2, 0.25) is 0 Å². The number of nitrogens with one attached hydrogen (secondary N) is 2. The number of aromatic nitrogens is 1. The zero-order valence-corrected chi connectivity index (χ0v) is 17.7. The average molecular weight is 423 g/mol. The number of rotatable bonds is 5. The molecule has 2 heterocycles. The van der Waals surface area contributed by atoms with Crippen molar-refractivity contribution < 1.29 is 9.59 Å². The van der Waals surface area contributed by atoms with E-state index in [2.05, 4.69) is 25.5 Å². The number of anilines is 2. The lowest BCUT2D eigenvalue weighted by Gasteiger charge is -2.25. The molecule has 1 aliphatic heterocycles. The lowest BCUT2D eigenvalue weighted by Crippen LogP contribution is -2.32. The summed E-state index contributed by atoms with van der Waals surface area (Å²) in [6.45, 7) is 1.78. The molecule has 0 unspecified atom stereocenters. The van der Waals surface area contributed by atoms with Gasteiger partial charge in [0.25, 0.3) is 11.8 Å². The summed E-state index contributed by atoms with van der Waals surface area (Å²) < 4.78 is 0. The third-order valence-electron chi connectivity index (χ3n) is 5.13. The molecule has 0 aliphatic carbocycles. The van der Waals surface area contributed by atoms with E-state index in [9.17, 15) is 9.59 Å². The molecule has 8 heteroatoms. The smallest absolute Gasteiger partial charge is 0.258 e. The number of hydrogen-bond donors (Lipinski definition) is 2. The first-order chi connectivity index (χ1) is 15.5. The monoisotopic (exact) mass is 423 g/mol. The summed E-state index contributed by atoms with van der Waals surface area (Å²) in [5.74, 6) is 0.617. The van der Waals surface area contributed by atoms with Crippen LogP contribution in [0.15, 0.2) is 71.9 Å². The molecule has 2 radical (unpaired) electrons. The maximum absolute atomic E-state index is 12.8. The van der Waals surface area contributed by atoms with Gasteiger partial charge in [-0.1, -0.05) is 35.8 Å². The predicted molar refractivity (Wildman–Crippen MR) is 127 cm³/mol. The number of hydrogen-bond acceptors (Lipinski definition) is 5. The highest BCUT2D eigenvalue weighted by Gasteiger charge is 2.16. The van der Waals surface area contributed by atoms with Gasteiger partial charge in [-0.05, 0) is 36.8 Å². The quantitative estimate of drug-likeness (QED) is 0.618. The number of nitrogens with zero attached hydrogens (tertiary/aromatic N) is 3. The maximum atomic E-state index is 12.8. The van der Waals surface area contributed by atoms with E-state index in [1.165, 1.54) is 6.20 Å². The van der Waals surface area contributed by atoms with Crippen LogP contribution in [0.25, 0.3) is 0 Å². The van der Waals surface area contributed by atoms with E-state index in [-0.39, 0.29) is 11.8 Å². The Labute approximate surface area is 188 Å². The predicted octanol–water partition coefficient (Wildman–Crippen LogP) is 2.46. The van der Waals surface area contributed by atoms with E-state index in [0.29, 0.717) is 28.1 Å². The van der Waals surface area contributed by atoms with Crippen molar-refractivity contribution in [1.29, 1.82) is 0 Å². The first-order valence-electron chi connectivity index (χ1n) is 10.3. The van der Waals surface area contributed by atoms with Gasteiger partial charge in [-0.2, -0.15) is 0 Å². The summed E-state index contributed by atoms with van der Waals surface area (Å²) in [6, 6.07) is 17.4. The highest BCUT2D eigenvalue weighted by molar-refractivity contribution is 6.32.